The summed E-state index contributed by atoms with van der Waals surface area (Å²) < 4.78 is 10.8. The zero-order valence-corrected chi connectivity index (χ0v) is 13.9. The normalized spacial score (nSPS) is 16.7. The molecule has 1 atom stereocenters. The molecule has 0 saturated carbocycles. The Kier molecular flexibility index (Phi) is 4.57. The van der Waals surface area contributed by atoms with E-state index in [0.29, 0.717) is 22.6 Å². The van der Waals surface area contributed by atoms with Gasteiger partial charge in [0, 0.05) is 10.6 Å². The largest absolute Gasteiger partial charge is 0.484 e. The summed E-state index contributed by atoms with van der Waals surface area (Å²) in [5, 5.41) is 7.46. The lowest BCUT2D eigenvalue weighted by molar-refractivity contribution is -0.118. The molecule has 122 valence electrons. The fourth-order valence-corrected chi connectivity index (χ4v) is 2.82. The van der Waals surface area contributed by atoms with E-state index in [0.717, 1.165) is 36.1 Å². The molecule has 23 heavy (non-hydrogen) atoms. The highest BCUT2D eigenvalue weighted by atomic mass is 35.5. The minimum atomic E-state index is -0.269. The third-order valence-corrected chi connectivity index (χ3v) is 4.47. The SMILES string of the molecule is Cc1cc(OCC(=O)Nc2onc3c2C[C@@H](C)CC3)ccc1Cl. The number of benzene rings is 1. The van der Waals surface area contributed by atoms with Gasteiger partial charge in [-0.25, -0.2) is 0 Å². The van der Waals surface area contributed by atoms with Crippen LogP contribution >= 0.6 is 11.6 Å². The van der Waals surface area contributed by atoms with Crippen LogP contribution in [0.25, 0.3) is 0 Å². The highest BCUT2D eigenvalue weighted by molar-refractivity contribution is 6.31. The van der Waals surface area contributed by atoms with Gasteiger partial charge in [0.05, 0.1) is 5.69 Å². The zero-order chi connectivity index (χ0) is 16.4. The minimum absolute atomic E-state index is 0.0912. The molecule has 1 aromatic carbocycles. The molecule has 1 N–H and O–H groups in total. The first-order valence-electron chi connectivity index (χ1n) is 7.69. The van der Waals surface area contributed by atoms with Gasteiger partial charge in [0.1, 0.15) is 5.75 Å². The quantitative estimate of drug-likeness (QED) is 0.924. The number of nitrogens with zero attached hydrogens (tertiary/aromatic N) is 1. The predicted octanol–water partition coefficient (Wildman–Crippen LogP) is 3.78. The molecular weight excluding hydrogens is 316 g/mol. The molecule has 6 heteroatoms. The summed E-state index contributed by atoms with van der Waals surface area (Å²) >= 11 is 5.96. The first-order valence-corrected chi connectivity index (χ1v) is 8.07. The van der Waals surface area contributed by atoms with Crippen LogP contribution in [0.3, 0.4) is 0 Å². The molecule has 1 heterocycles. The van der Waals surface area contributed by atoms with Gasteiger partial charge in [-0.3, -0.25) is 10.1 Å². The molecule has 0 spiro atoms. The van der Waals surface area contributed by atoms with E-state index in [1.54, 1.807) is 18.2 Å². The maximum atomic E-state index is 12.1. The second-order valence-electron chi connectivity index (χ2n) is 6.03. The maximum absolute atomic E-state index is 12.1. The van der Waals surface area contributed by atoms with E-state index in [1.807, 2.05) is 6.92 Å². The number of carbonyl (C=O) groups is 1. The van der Waals surface area contributed by atoms with Crippen LogP contribution in [0.2, 0.25) is 5.02 Å². The van der Waals surface area contributed by atoms with Crippen molar-refractivity contribution in [1.82, 2.24) is 5.16 Å². The highest BCUT2D eigenvalue weighted by Crippen LogP contribution is 2.30. The number of amides is 1. The standard InChI is InChI=1S/C17H19ClN2O3/c1-10-3-6-15-13(7-10)17(23-20-15)19-16(21)9-22-12-4-5-14(18)11(2)8-12/h4-5,8,10H,3,6-7,9H2,1-2H3,(H,19,21)/t10-/m0/s1. The van der Waals surface area contributed by atoms with Crippen LogP contribution in [0, 0.1) is 12.8 Å². The Morgan fingerprint density at radius 1 is 1.52 bits per heavy atom. The summed E-state index contributed by atoms with van der Waals surface area (Å²) in [5.74, 6) is 1.36. The summed E-state index contributed by atoms with van der Waals surface area (Å²) in [5.41, 5.74) is 2.87. The van der Waals surface area contributed by atoms with Crippen molar-refractivity contribution in [1.29, 1.82) is 0 Å². The number of halogens is 1. The Hall–Kier alpha value is -2.01. The third-order valence-electron chi connectivity index (χ3n) is 4.05. The smallest absolute Gasteiger partial charge is 0.264 e. The molecule has 1 aliphatic carbocycles. The van der Waals surface area contributed by atoms with Gasteiger partial charge in [0.15, 0.2) is 6.61 Å². The lowest BCUT2D eigenvalue weighted by Crippen LogP contribution is -2.21. The van der Waals surface area contributed by atoms with Crippen LogP contribution in [0.5, 0.6) is 5.75 Å². The van der Waals surface area contributed by atoms with E-state index < -0.39 is 0 Å². The Morgan fingerprint density at radius 2 is 2.35 bits per heavy atom. The molecule has 3 rings (SSSR count). The van der Waals surface area contributed by atoms with Gasteiger partial charge in [-0.15, -0.1) is 0 Å². The molecular formula is C17H19ClN2O3. The molecule has 2 aromatic rings. The zero-order valence-electron chi connectivity index (χ0n) is 13.2. The molecule has 1 aromatic heterocycles. The number of rotatable bonds is 4. The van der Waals surface area contributed by atoms with Gasteiger partial charge in [0.25, 0.3) is 5.91 Å². The predicted molar refractivity (Wildman–Crippen MR) is 88.0 cm³/mol. The van der Waals surface area contributed by atoms with E-state index >= 15 is 0 Å². The number of fused-ring (bicyclic) bond motifs is 1. The van der Waals surface area contributed by atoms with E-state index in [1.165, 1.54) is 0 Å². The Balaban J connectivity index is 1.59. The van der Waals surface area contributed by atoms with E-state index in [2.05, 4.69) is 17.4 Å². The van der Waals surface area contributed by atoms with Crippen molar-refractivity contribution in [3.8, 4) is 5.75 Å². The van der Waals surface area contributed by atoms with Gasteiger partial charge in [-0.05, 0) is 55.9 Å². The average molecular weight is 335 g/mol. The molecule has 0 unspecified atom stereocenters. The number of hydrogen-bond donors (Lipinski definition) is 1. The molecule has 0 aliphatic heterocycles. The number of carbonyl (C=O) groups excluding carboxylic acids is 1. The molecule has 5 nitrogen and oxygen atoms in total. The number of ether oxygens (including phenoxy) is 1. The third kappa shape index (κ3) is 3.67. The Morgan fingerprint density at radius 3 is 3.13 bits per heavy atom. The first-order chi connectivity index (χ1) is 11.0. The Labute approximate surface area is 139 Å². The number of aromatic nitrogens is 1. The van der Waals surface area contributed by atoms with Crippen molar-refractivity contribution < 1.29 is 14.1 Å². The summed E-state index contributed by atoms with van der Waals surface area (Å²) in [6.07, 6.45) is 2.88. The summed E-state index contributed by atoms with van der Waals surface area (Å²) in [4.78, 5) is 12.1. The van der Waals surface area contributed by atoms with Crippen molar-refractivity contribution in [3.05, 3.63) is 40.0 Å². The van der Waals surface area contributed by atoms with E-state index in [4.69, 9.17) is 20.9 Å². The summed E-state index contributed by atoms with van der Waals surface area (Å²) in [7, 11) is 0. The van der Waals surface area contributed by atoms with Gasteiger partial charge in [-0.1, -0.05) is 23.7 Å². The lowest BCUT2D eigenvalue weighted by Gasteiger charge is -2.16. The van der Waals surface area contributed by atoms with E-state index in [9.17, 15) is 4.79 Å². The lowest BCUT2D eigenvalue weighted by atomic mass is 9.89. The number of nitrogens with one attached hydrogen (secondary N) is 1. The van der Waals surface area contributed by atoms with Crippen LogP contribution in [0.1, 0.15) is 30.2 Å². The molecule has 0 fully saturated rings. The number of anilines is 1. The van der Waals surface area contributed by atoms with Crippen molar-refractivity contribution in [3.63, 3.8) is 0 Å². The van der Waals surface area contributed by atoms with Crippen molar-refractivity contribution >= 4 is 23.4 Å². The first kappa shape index (κ1) is 15.9. The van der Waals surface area contributed by atoms with Crippen LogP contribution in [0.4, 0.5) is 5.88 Å². The molecule has 0 bridgehead atoms. The minimum Gasteiger partial charge on any atom is -0.484 e. The fraction of sp³-hybridized carbons (Fsp3) is 0.412. The molecule has 0 radical (unpaired) electrons. The van der Waals surface area contributed by atoms with Crippen LogP contribution in [-0.4, -0.2) is 17.7 Å². The van der Waals surface area contributed by atoms with Gasteiger partial charge >= 0.3 is 0 Å². The summed E-state index contributed by atoms with van der Waals surface area (Å²) in [6.45, 7) is 3.98. The second kappa shape index (κ2) is 6.62. The van der Waals surface area contributed by atoms with Crippen molar-refractivity contribution in [2.45, 2.75) is 33.1 Å². The van der Waals surface area contributed by atoms with Crippen LogP contribution < -0.4 is 10.1 Å². The monoisotopic (exact) mass is 334 g/mol. The van der Waals surface area contributed by atoms with Gasteiger partial charge in [-0.2, -0.15) is 0 Å². The van der Waals surface area contributed by atoms with Crippen LogP contribution in [0.15, 0.2) is 22.7 Å². The number of aryl methyl sites for hydroxylation is 2. The Bertz CT molecular complexity index is 727. The fourth-order valence-electron chi connectivity index (χ4n) is 2.70. The van der Waals surface area contributed by atoms with Crippen molar-refractivity contribution in [2.75, 3.05) is 11.9 Å². The van der Waals surface area contributed by atoms with Gasteiger partial charge in [0.2, 0.25) is 5.88 Å². The molecule has 0 saturated heterocycles. The number of hydrogen-bond acceptors (Lipinski definition) is 4. The average Bonchev–Trinajstić information content (AvgIpc) is 2.91. The van der Waals surface area contributed by atoms with E-state index in [-0.39, 0.29) is 12.5 Å². The highest BCUT2D eigenvalue weighted by Gasteiger charge is 2.24. The van der Waals surface area contributed by atoms with Gasteiger partial charge < -0.3 is 9.26 Å². The second-order valence-corrected chi connectivity index (χ2v) is 6.44. The molecule has 1 amide bonds. The molecule has 1 aliphatic rings. The maximum Gasteiger partial charge on any atom is 0.264 e. The summed E-state index contributed by atoms with van der Waals surface area (Å²) in [6, 6.07) is 5.28. The van der Waals surface area contributed by atoms with Crippen LogP contribution in [-0.2, 0) is 17.6 Å². The van der Waals surface area contributed by atoms with Crippen molar-refractivity contribution in [2.24, 2.45) is 5.92 Å². The topological polar surface area (TPSA) is 64.4 Å².